The molecule has 11 aromatic rings. The van der Waals surface area contributed by atoms with Crippen molar-refractivity contribution in [1.29, 1.82) is 0 Å². The summed E-state index contributed by atoms with van der Waals surface area (Å²) in [5, 5.41) is 7.93. The fraction of sp³-hybridized carbons (Fsp3) is 0. The highest BCUT2D eigenvalue weighted by Gasteiger charge is 2.41. The average molecular weight is 821 g/mol. The van der Waals surface area contributed by atoms with Crippen LogP contribution in [0.5, 0.6) is 0 Å². The third kappa shape index (κ3) is 6.76. The molecule has 0 unspecified atom stereocenters. The Morgan fingerprint density at radius 1 is 0.286 bits per heavy atom. The summed E-state index contributed by atoms with van der Waals surface area (Å²) in [7, 11) is -2.69. The Balaban J connectivity index is 1.05. The van der Waals surface area contributed by atoms with Crippen LogP contribution in [0.2, 0.25) is 0 Å². The zero-order chi connectivity index (χ0) is 42.0. The largest absolute Gasteiger partial charge is 0.311 e. The Labute approximate surface area is 370 Å². The molecule has 0 saturated heterocycles. The van der Waals surface area contributed by atoms with Gasteiger partial charge >= 0.3 is 0 Å². The summed E-state index contributed by atoms with van der Waals surface area (Å²) in [6.07, 6.45) is 0. The summed E-state index contributed by atoms with van der Waals surface area (Å²) in [6.45, 7) is 0. The van der Waals surface area contributed by atoms with E-state index in [1.807, 2.05) is 0 Å². The normalized spacial score (nSPS) is 11.5. The quantitative estimate of drug-likeness (QED) is 0.0985. The molecule has 0 fully saturated rings. The highest BCUT2D eigenvalue weighted by molar-refractivity contribution is 7.19. The number of anilines is 3. The number of para-hydroxylation sites is 2. The minimum absolute atomic E-state index is 1.09. The molecule has 0 saturated carbocycles. The van der Waals surface area contributed by atoms with Gasteiger partial charge in [-0.3, -0.25) is 0 Å². The molecular weight excluding hydrogens is 777 g/mol. The van der Waals surface area contributed by atoms with Gasteiger partial charge in [0.25, 0.3) is 0 Å². The van der Waals surface area contributed by atoms with Gasteiger partial charge in [-0.05, 0) is 104 Å². The van der Waals surface area contributed by atoms with Crippen LogP contribution < -0.4 is 25.6 Å². The maximum Gasteiger partial charge on any atom is 0.179 e. The molecule has 0 aliphatic carbocycles. The monoisotopic (exact) mass is 820 g/mol. The number of fused-ring (bicyclic) bond motifs is 3. The van der Waals surface area contributed by atoms with Crippen molar-refractivity contribution in [3.05, 3.63) is 267 Å². The fourth-order valence-electron chi connectivity index (χ4n) is 9.71. The van der Waals surface area contributed by atoms with Crippen LogP contribution in [-0.4, -0.2) is 12.6 Å². The Bertz CT molecular complexity index is 3180. The van der Waals surface area contributed by atoms with E-state index >= 15 is 0 Å². The lowest BCUT2D eigenvalue weighted by atomic mass is 9.99. The van der Waals surface area contributed by atoms with Crippen LogP contribution in [0, 0.1) is 0 Å². The first-order valence-electron chi connectivity index (χ1n) is 21.7. The zero-order valence-electron chi connectivity index (χ0n) is 34.8. The van der Waals surface area contributed by atoms with Crippen LogP contribution >= 0.6 is 0 Å². The van der Waals surface area contributed by atoms with Crippen molar-refractivity contribution in [3.63, 3.8) is 0 Å². The fourth-order valence-corrected chi connectivity index (χ4v) is 14.5. The van der Waals surface area contributed by atoms with Crippen LogP contribution in [0.25, 0.3) is 49.7 Å². The van der Waals surface area contributed by atoms with Gasteiger partial charge < -0.3 is 9.47 Å². The SMILES string of the molecule is c1ccc(-c2ccc(N(c3ccc(-c4cccc5c4c4ccccc4n5-c4ccccc4)cc3)c3ccc([Si](c4ccccc4)(c4ccccc4)c4ccccc4)cc3)cc2)cc1. The van der Waals surface area contributed by atoms with Gasteiger partial charge in [-0.1, -0.05) is 206 Å². The molecule has 2 nitrogen and oxygen atoms in total. The van der Waals surface area contributed by atoms with Crippen LogP contribution in [-0.2, 0) is 0 Å². The topological polar surface area (TPSA) is 8.17 Å². The van der Waals surface area contributed by atoms with E-state index in [1.165, 1.54) is 64.8 Å². The van der Waals surface area contributed by atoms with Crippen LogP contribution in [0.3, 0.4) is 0 Å². The lowest BCUT2D eigenvalue weighted by Crippen LogP contribution is -2.74. The molecule has 0 N–H and O–H groups in total. The molecule has 0 spiro atoms. The molecule has 63 heavy (non-hydrogen) atoms. The number of rotatable bonds is 10. The molecule has 1 heterocycles. The zero-order valence-corrected chi connectivity index (χ0v) is 35.8. The molecule has 298 valence electrons. The Hall–Kier alpha value is -7.98. The van der Waals surface area contributed by atoms with Gasteiger partial charge in [0.2, 0.25) is 0 Å². The number of hydrogen-bond acceptors (Lipinski definition) is 1. The van der Waals surface area contributed by atoms with Gasteiger partial charge in [-0.25, -0.2) is 0 Å². The van der Waals surface area contributed by atoms with Gasteiger partial charge in [0.05, 0.1) is 11.0 Å². The Kier molecular flexibility index (Phi) is 9.93. The number of nitrogens with zero attached hydrogens (tertiary/aromatic N) is 2. The van der Waals surface area contributed by atoms with E-state index in [2.05, 4.69) is 276 Å². The summed E-state index contributed by atoms with van der Waals surface area (Å²) in [5.74, 6) is 0. The number of benzene rings is 10. The molecular formula is C60H44N2Si. The maximum absolute atomic E-state index is 2.69. The van der Waals surface area contributed by atoms with E-state index in [-0.39, 0.29) is 0 Å². The van der Waals surface area contributed by atoms with Crippen molar-refractivity contribution in [1.82, 2.24) is 4.57 Å². The summed E-state index contributed by atoms with van der Waals surface area (Å²) in [4.78, 5) is 2.39. The molecule has 0 bridgehead atoms. The molecule has 0 amide bonds. The predicted octanol–water partition coefficient (Wildman–Crippen LogP) is 13.0. The number of aromatic nitrogens is 1. The van der Waals surface area contributed by atoms with Gasteiger partial charge in [-0.2, -0.15) is 0 Å². The van der Waals surface area contributed by atoms with Crippen molar-refractivity contribution in [2.75, 3.05) is 4.90 Å². The lowest BCUT2D eigenvalue weighted by Gasteiger charge is -2.35. The molecule has 10 aromatic carbocycles. The smallest absolute Gasteiger partial charge is 0.179 e. The first kappa shape index (κ1) is 38.0. The van der Waals surface area contributed by atoms with E-state index < -0.39 is 8.07 Å². The second-order valence-corrected chi connectivity index (χ2v) is 19.9. The second-order valence-electron chi connectivity index (χ2n) is 16.1. The highest BCUT2D eigenvalue weighted by Crippen LogP contribution is 2.41. The van der Waals surface area contributed by atoms with Crippen molar-refractivity contribution in [2.24, 2.45) is 0 Å². The van der Waals surface area contributed by atoms with E-state index in [9.17, 15) is 0 Å². The first-order valence-corrected chi connectivity index (χ1v) is 23.7. The average Bonchev–Trinajstić information content (AvgIpc) is 3.71. The summed E-state index contributed by atoms with van der Waals surface area (Å²) >= 11 is 0. The third-order valence-corrected chi connectivity index (χ3v) is 17.4. The van der Waals surface area contributed by atoms with E-state index in [1.54, 1.807) is 0 Å². The van der Waals surface area contributed by atoms with Crippen LogP contribution in [0.15, 0.2) is 267 Å². The molecule has 0 aliphatic heterocycles. The van der Waals surface area contributed by atoms with E-state index in [4.69, 9.17) is 0 Å². The van der Waals surface area contributed by atoms with Gasteiger partial charge in [0, 0.05) is 33.5 Å². The van der Waals surface area contributed by atoms with Crippen molar-refractivity contribution in [2.45, 2.75) is 0 Å². The number of hydrogen-bond donors (Lipinski definition) is 0. The standard InChI is InChI=1S/C60H44N2Si/c1-6-19-45(20-7-1)46-33-37-49(38-34-46)61(51-41-43-55(44-42-51)63(52-23-10-3-11-24-52,53-25-12-4-13-26-53)54-27-14-5-15-28-54)50-39-35-47(36-40-50)56-30-18-32-59-60(56)57-29-16-17-31-58(57)62(59)48-21-8-2-9-22-48/h1-44H. The van der Waals surface area contributed by atoms with Gasteiger partial charge in [0.1, 0.15) is 0 Å². The van der Waals surface area contributed by atoms with Crippen LogP contribution in [0.1, 0.15) is 0 Å². The molecule has 11 rings (SSSR count). The Morgan fingerprint density at radius 2 is 0.683 bits per heavy atom. The van der Waals surface area contributed by atoms with Gasteiger partial charge in [-0.15, -0.1) is 0 Å². The first-order chi connectivity index (χ1) is 31.3. The minimum Gasteiger partial charge on any atom is -0.311 e. The maximum atomic E-state index is 2.39. The van der Waals surface area contributed by atoms with Crippen LogP contribution in [0.4, 0.5) is 17.1 Å². The predicted molar refractivity (Wildman–Crippen MR) is 270 cm³/mol. The molecule has 1 aromatic heterocycles. The summed E-state index contributed by atoms with van der Waals surface area (Å²) in [5.41, 5.74) is 11.7. The van der Waals surface area contributed by atoms with Gasteiger partial charge in [0.15, 0.2) is 8.07 Å². The summed E-state index contributed by atoms with van der Waals surface area (Å²) in [6, 6.07) is 97.7. The molecule has 3 heteroatoms. The minimum atomic E-state index is -2.69. The summed E-state index contributed by atoms with van der Waals surface area (Å²) < 4.78 is 2.39. The van der Waals surface area contributed by atoms with E-state index in [0.29, 0.717) is 0 Å². The lowest BCUT2D eigenvalue weighted by molar-refractivity contribution is 1.18. The van der Waals surface area contributed by atoms with Crippen molar-refractivity contribution < 1.29 is 0 Å². The molecule has 0 aliphatic rings. The third-order valence-electron chi connectivity index (χ3n) is 12.6. The molecule has 0 atom stereocenters. The molecule has 0 radical (unpaired) electrons. The highest BCUT2D eigenvalue weighted by atomic mass is 28.3. The van der Waals surface area contributed by atoms with Crippen molar-refractivity contribution in [3.8, 4) is 27.9 Å². The second kappa shape index (κ2) is 16.5. The Morgan fingerprint density at radius 3 is 1.22 bits per heavy atom. The van der Waals surface area contributed by atoms with E-state index in [0.717, 1.165) is 22.7 Å². The van der Waals surface area contributed by atoms with Crippen molar-refractivity contribution >= 4 is 67.7 Å².